The molecule has 1 N–H and O–H groups in total. The smallest absolute Gasteiger partial charge is 0.255 e. The van der Waals surface area contributed by atoms with E-state index < -0.39 is 0 Å². The van der Waals surface area contributed by atoms with Gasteiger partial charge in [0.05, 0.1) is 5.69 Å². The van der Waals surface area contributed by atoms with Crippen molar-refractivity contribution in [2.24, 2.45) is 0 Å². The predicted molar refractivity (Wildman–Crippen MR) is 89.6 cm³/mol. The molecule has 6 nitrogen and oxygen atoms in total. The van der Waals surface area contributed by atoms with Gasteiger partial charge in [-0.3, -0.25) is 14.7 Å². The molecule has 0 amide bonds. The van der Waals surface area contributed by atoms with E-state index in [2.05, 4.69) is 44.2 Å². The van der Waals surface area contributed by atoms with Crippen LogP contribution in [0.1, 0.15) is 16.8 Å². The van der Waals surface area contributed by atoms with Crippen molar-refractivity contribution >= 4 is 17.5 Å². The minimum atomic E-state index is -0.0353. The minimum Gasteiger partial charge on any atom is -0.293 e. The summed E-state index contributed by atoms with van der Waals surface area (Å²) in [5.74, 6) is 0.527. The molecule has 0 fully saturated rings. The molecular weight excluding hydrogens is 310 g/mol. The Morgan fingerprint density at radius 3 is 2.91 bits per heavy atom. The number of fused-ring (bicyclic) bond motifs is 3. The topological polar surface area (TPSA) is 66.3 Å². The third kappa shape index (κ3) is 2.66. The number of nitrogens with one attached hydrogen (secondary N) is 1. The molecule has 1 aliphatic heterocycles. The lowest BCUT2D eigenvalue weighted by atomic mass is 10.1. The number of hydrogen-bond acceptors (Lipinski definition) is 5. The SMILES string of the molecule is CSc1nc2[nH]c(=O)c3c(n2n1)CN(Cc1ccccc1)CC3. The van der Waals surface area contributed by atoms with Crippen LogP contribution in [0, 0.1) is 0 Å². The highest BCUT2D eigenvalue weighted by Gasteiger charge is 2.23. The van der Waals surface area contributed by atoms with Crippen LogP contribution in [0.25, 0.3) is 5.78 Å². The molecule has 0 spiro atoms. The quantitative estimate of drug-likeness (QED) is 0.742. The van der Waals surface area contributed by atoms with Gasteiger partial charge in [0, 0.05) is 25.2 Å². The van der Waals surface area contributed by atoms with Crippen molar-refractivity contribution in [2.45, 2.75) is 24.7 Å². The van der Waals surface area contributed by atoms with Crippen LogP contribution in [0.15, 0.2) is 40.3 Å². The second-order valence-electron chi connectivity index (χ2n) is 5.66. The summed E-state index contributed by atoms with van der Waals surface area (Å²) in [6, 6.07) is 10.4. The van der Waals surface area contributed by atoms with Crippen LogP contribution in [0.5, 0.6) is 0 Å². The summed E-state index contributed by atoms with van der Waals surface area (Å²) in [6.45, 7) is 2.46. The summed E-state index contributed by atoms with van der Waals surface area (Å²) in [6.07, 6.45) is 2.67. The fraction of sp³-hybridized carbons (Fsp3) is 0.312. The van der Waals surface area contributed by atoms with Crippen molar-refractivity contribution in [2.75, 3.05) is 12.8 Å². The largest absolute Gasteiger partial charge is 0.293 e. The average Bonchev–Trinajstić information content (AvgIpc) is 2.99. The standard InChI is InChI=1S/C16H17N5OS/c1-23-16-18-15-17-14(22)12-7-8-20(10-13(12)21(15)19-16)9-11-5-3-2-4-6-11/h2-6H,7-10H2,1H3,(H,17,18,19,22). The summed E-state index contributed by atoms with van der Waals surface area (Å²) in [4.78, 5) is 21.8. The monoisotopic (exact) mass is 327 g/mol. The first-order chi connectivity index (χ1) is 11.2. The van der Waals surface area contributed by atoms with Gasteiger partial charge in [-0.2, -0.15) is 9.50 Å². The van der Waals surface area contributed by atoms with Gasteiger partial charge in [0.25, 0.3) is 5.56 Å². The average molecular weight is 327 g/mol. The van der Waals surface area contributed by atoms with Crippen LogP contribution in [0.2, 0.25) is 0 Å². The highest BCUT2D eigenvalue weighted by molar-refractivity contribution is 7.98. The molecule has 0 atom stereocenters. The zero-order valence-electron chi connectivity index (χ0n) is 12.8. The van der Waals surface area contributed by atoms with Gasteiger partial charge in [0.1, 0.15) is 0 Å². The van der Waals surface area contributed by atoms with Crippen molar-refractivity contribution in [1.29, 1.82) is 0 Å². The molecule has 0 unspecified atom stereocenters. The number of nitrogens with zero attached hydrogens (tertiary/aromatic N) is 4. The molecule has 0 saturated carbocycles. The van der Waals surface area contributed by atoms with Gasteiger partial charge in [-0.1, -0.05) is 42.1 Å². The van der Waals surface area contributed by atoms with E-state index in [4.69, 9.17) is 0 Å². The molecule has 7 heteroatoms. The van der Waals surface area contributed by atoms with E-state index in [1.165, 1.54) is 17.3 Å². The third-order valence-electron chi connectivity index (χ3n) is 4.17. The second-order valence-corrected chi connectivity index (χ2v) is 6.43. The maximum atomic E-state index is 12.3. The third-order valence-corrected chi connectivity index (χ3v) is 4.71. The Bertz CT molecular complexity index is 902. The molecule has 3 heterocycles. The van der Waals surface area contributed by atoms with Crippen molar-refractivity contribution in [1.82, 2.24) is 24.5 Å². The van der Waals surface area contributed by atoms with E-state index in [1.807, 2.05) is 12.3 Å². The number of benzene rings is 1. The van der Waals surface area contributed by atoms with Gasteiger partial charge in [-0.15, -0.1) is 5.10 Å². The molecule has 118 valence electrons. The number of aromatic nitrogens is 4. The first-order valence-electron chi connectivity index (χ1n) is 7.55. The molecular formula is C16H17N5OS. The molecule has 1 aliphatic rings. The Kier molecular flexibility index (Phi) is 3.66. The number of H-pyrrole nitrogens is 1. The summed E-state index contributed by atoms with van der Waals surface area (Å²) >= 11 is 1.48. The number of hydrogen-bond donors (Lipinski definition) is 1. The van der Waals surface area contributed by atoms with Gasteiger partial charge in [-0.05, 0) is 18.2 Å². The van der Waals surface area contributed by atoms with Crippen molar-refractivity contribution < 1.29 is 0 Å². The predicted octanol–water partition coefficient (Wildman–Crippen LogP) is 1.70. The van der Waals surface area contributed by atoms with Crippen molar-refractivity contribution in [3.8, 4) is 0 Å². The summed E-state index contributed by atoms with van der Waals surface area (Å²) in [5.41, 5.74) is 3.03. The molecule has 0 bridgehead atoms. The summed E-state index contributed by atoms with van der Waals surface area (Å²) < 4.78 is 1.79. The van der Waals surface area contributed by atoms with Crippen LogP contribution >= 0.6 is 11.8 Å². The maximum Gasteiger partial charge on any atom is 0.255 e. The normalized spacial score (nSPS) is 15.0. The summed E-state index contributed by atoms with van der Waals surface area (Å²) in [7, 11) is 0. The lowest BCUT2D eigenvalue weighted by Gasteiger charge is -2.28. The fourth-order valence-corrected chi connectivity index (χ4v) is 3.38. The van der Waals surface area contributed by atoms with E-state index in [-0.39, 0.29) is 5.56 Å². The van der Waals surface area contributed by atoms with Crippen LogP contribution in [-0.4, -0.2) is 37.3 Å². The Balaban J connectivity index is 1.71. The van der Waals surface area contributed by atoms with Gasteiger partial charge >= 0.3 is 0 Å². The number of rotatable bonds is 3. The Labute approximate surface area is 137 Å². The second kappa shape index (κ2) is 5.82. The van der Waals surface area contributed by atoms with Crippen LogP contribution < -0.4 is 5.56 Å². The highest BCUT2D eigenvalue weighted by Crippen LogP contribution is 2.19. The van der Waals surface area contributed by atoms with Crippen molar-refractivity contribution in [3.63, 3.8) is 0 Å². The fourth-order valence-electron chi connectivity index (χ4n) is 3.04. The van der Waals surface area contributed by atoms with Crippen LogP contribution in [0.3, 0.4) is 0 Å². The van der Waals surface area contributed by atoms with E-state index in [0.717, 1.165) is 30.8 Å². The van der Waals surface area contributed by atoms with Gasteiger partial charge < -0.3 is 0 Å². The molecule has 0 radical (unpaired) electrons. The van der Waals surface area contributed by atoms with Gasteiger partial charge in [0.2, 0.25) is 10.9 Å². The van der Waals surface area contributed by atoms with E-state index in [1.54, 1.807) is 4.52 Å². The highest BCUT2D eigenvalue weighted by atomic mass is 32.2. The first-order valence-corrected chi connectivity index (χ1v) is 8.78. The maximum absolute atomic E-state index is 12.3. The molecule has 0 aliphatic carbocycles. The number of aromatic amines is 1. The van der Waals surface area contributed by atoms with E-state index in [9.17, 15) is 4.79 Å². The van der Waals surface area contributed by atoms with Crippen LogP contribution in [0.4, 0.5) is 0 Å². The van der Waals surface area contributed by atoms with Gasteiger partial charge in [-0.25, -0.2) is 0 Å². The minimum absolute atomic E-state index is 0.0353. The van der Waals surface area contributed by atoms with Crippen molar-refractivity contribution in [3.05, 3.63) is 57.5 Å². The first kappa shape index (κ1) is 14.5. The molecule has 3 aromatic rings. The Morgan fingerprint density at radius 1 is 1.30 bits per heavy atom. The molecule has 0 saturated heterocycles. The lowest BCUT2D eigenvalue weighted by molar-refractivity contribution is 0.238. The molecule has 4 rings (SSSR count). The zero-order chi connectivity index (χ0) is 15.8. The van der Waals surface area contributed by atoms with Gasteiger partial charge in [0.15, 0.2) is 0 Å². The molecule has 2 aromatic heterocycles. The Morgan fingerprint density at radius 2 is 2.13 bits per heavy atom. The molecule has 1 aromatic carbocycles. The van der Waals surface area contributed by atoms with E-state index >= 15 is 0 Å². The van der Waals surface area contributed by atoms with E-state index in [0.29, 0.717) is 17.5 Å². The zero-order valence-corrected chi connectivity index (χ0v) is 13.6. The number of thioether (sulfide) groups is 1. The Hall–Kier alpha value is -2.12. The lowest BCUT2D eigenvalue weighted by Crippen LogP contribution is -2.35. The molecule has 23 heavy (non-hydrogen) atoms. The van der Waals surface area contributed by atoms with Crippen LogP contribution in [-0.2, 0) is 19.5 Å². The summed E-state index contributed by atoms with van der Waals surface area (Å²) in [5, 5.41) is 5.17.